The summed E-state index contributed by atoms with van der Waals surface area (Å²) in [7, 11) is 0. The lowest BCUT2D eigenvalue weighted by Gasteiger charge is -2.26. The van der Waals surface area contributed by atoms with Crippen molar-refractivity contribution < 1.29 is 23.9 Å². The molecule has 1 aliphatic rings. The molecule has 1 N–H and O–H groups in total. The normalized spacial score (nSPS) is 13.8. The SMILES string of the molecule is Cc1cccc(NC(=O)COC(=O)[C@H](CC(C)C)N2C(=O)c3c(Cl)c(Cl)c(Cl)c(Cl)c3C2=O)c1. The first-order valence-corrected chi connectivity index (χ1v) is 11.7. The molecule has 0 fully saturated rings. The van der Waals surface area contributed by atoms with Gasteiger partial charge in [-0.1, -0.05) is 72.4 Å². The van der Waals surface area contributed by atoms with Gasteiger partial charge in [-0.05, 0) is 37.0 Å². The van der Waals surface area contributed by atoms with Crippen molar-refractivity contribution in [1.29, 1.82) is 0 Å². The van der Waals surface area contributed by atoms with Crippen molar-refractivity contribution in [2.45, 2.75) is 33.2 Å². The summed E-state index contributed by atoms with van der Waals surface area (Å²) in [5.41, 5.74) is 1.02. The average molecular weight is 546 g/mol. The van der Waals surface area contributed by atoms with Crippen LogP contribution in [0.1, 0.15) is 46.5 Å². The van der Waals surface area contributed by atoms with Crippen molar-refractivity contribution in [3.8, 4) is 0 Å². The van der Waals surface area contributed by atoms with Gasteiger partial charge in [0.25, 0.3) is 17.7 Å². The van der Waals surface area contributed by atoms with Gasteiger partial charge in [-0.2, -0.15) is 0 Å². The molecule has 2 aromatic rings. The van der Waals surface area contributed by atoms with Crippen LogP contribution in [0, 0.1) is 12.8 Å². The quantitative estimate of drug-likeness (QED) is 0.205. The van der Waals surface area contributed by atoms with Gasteiger partial charge in [0.1, 0.15) is 6.04 Å². The van der Waals surface area contributed by atoms with E-state index in [9.17, 15) is 19.2 Å². The van der Waals surface area contributed by atoms with E-state index in [4.69, 9.17) is 51.1 Å². The van der Waals surface area contributed by atoms with Crippen molar-refractivity contribution in [2.24, 2.45) is 5.92 Å². The van der Waals surface area contributed by atoms with Gasteiger partial charge in [0.05, 0.1) is 31.2 Å². The van der Waals surface area contributed by atoms with E-state index in [1.165, 1.54) is 0 Å². The molecule has 0 spiro atoms. The largest absolute Gasteiger partial charge is 0.454 e. The minimum Gasteiger partial charge on any atom is -0.454 e. The number of aryl methyl sites for hydroxylation is 1. The molecule has 0 aliphatic carbocycles. The van der Waals surface area contributed by atoms with Crippen molar-refractivity contribution in [3.05, 3.63) is 61.0 Å². The molecule has 1 aliphatic heterocycles. The number of carbonyl (C=O) groups is 4. The number of esters is 1. The second-order valence-corrected chi connectivity index (χ2v) is 9.67. The van der Waals surface area contributed by atoms with Gasteiger partial charge in [0, 0.05) is 5.69 Å². The van der Waals surface area contributed by atoms with Crippen LogP contribution in [-0.2, 0) is 14.3 Å². The molecule has 34 heavy (non-hydrogen) atoms. The predicted octanol–water partition coefficient (Wildman–Crippen LogP) is 5.80. The van der Waals surface area contributed by atoms with E-state index < -0.39 is 36.3 Å². The summed E-state index contributed by atoms with van der Waals surface area (Å²) in [5.74, 6) is -3.31. The lowest BCUT2D eigenvalue weighted by Crippen LogP contribution is -2.47. The van der Waals surface area contributed by atoms with Gasteiger partial charge in [-0.3, -0.25) is 19.3 Å². The Bertz CT molecular complexity index is 1150. The van der Waals surface area contributed by atoms with E-state index in [1.807, 2.05) is 13.0 Å². The molecule has 0 radical (unpaired) electrons. The highest BCUT2D eigenvalue weighted by molar-refractivity contribution is 6.55. The fourth-order valence-corrected chi connectivity index (χ4v) is 4.57. The monoisotopic (exact) mass is 544 g/mol. The zero-order valence-electron chi connectivity index (χ0n) is 18.4. The summed E-state index contributed by atoms with van der Waals surface area (Å²) in [5, 5.41) is 1.80. The number of ether oxygens (including phenoxy) is 1. The molecule has 3 rings (SSSR count). The van der Waals surface area contributed by atoms with Crippen LogP contribution in [0.15, 0.2) is 24.3 Å². The van der Waals surface area contributed by atoms with E-state index in [1.54, 1.807) is 32.0 Å². The first-order valence-electron chi connectivity index (χ1n) is 10.2. The first kappa shape index (κ1) is 26.3. The van der Waals surface area contributed by atoms with Crippen LogP contribution < -0.4 is 5.32 Å². The summed E-state index contributed by atoms with van der Waals surface area (Å²) in [4.78, 5) is 52.3. The van der Waals surface area contributed by atoms with E-state index in [2.05, 4.69) is 5.32 Å². The smallest absolute Gasteiger partial charge is 0.329 e. The highest BCUT2D eigenvalue weighted by Gasteiger charge is 2.47. The van der Waals surface area contributed by atoms with Crippen LogP contribution in [0.4, 0.5) is 5.69 Å². The third-order valence-corrected chi connectivity index (χ3v) is 6.86. The summed E-state index contributed by atoms with van der Waals surface area (Å²) >= 11 is 24.5. The molecule has 0 saturated heterocycles. The third-order valence-electron chi connectivity index (χ3n) is 5.06. The number of benzene rings is 2. The molecule has 0 unspecified atom stereocenters. The molecular formula is C23H20Cl4N2O5. The van der Waals surface area contributed by atoms with Gasteiger partial charge >= 0.3 is 5.97 Å². The molecule has 3 amide bonds. The Hall–Kier alpha value is -2.32. The van der Waals surface area contributed by atoms with Crippen molar-refractivity contribution in [2.75, 3.05) is 11.9 Å². The second kappa shape index (κ2) is 10.5. The highest BCUT2D eigenvalue weighted by atomic mass is 35.5. The Morgan fingerprint density at radius 3 is 2.03 bits per heavy atom. The van der Waals surface area contributed by atoms with Crippen LogP contribution in [0.5, 0.6) is 0 Å². The van der Waals surface area contributed by atoms with Crippen LogP contribution in [0.3, 0.4) is 0 Å². The maximum Gasteiger partial charge on any atom is 0.329 e. The Morgan fingerprint density at radius 1 is 0.971 bits per heavy atom. The lowest BCUT2D eigenvalue weighted by atomic mass is 10.0. The molecule has 0 saturated carbocycles. The molecule has 7 nitrogen and oxygen atoms in total. The Balaban J connectivity index is 1.82. The van der Waals surface area contributed by atoms with Crippen LogP contribution in [-0.4, -0.2) is 41.2 Å². The summed E-state index contributed by atoms with van der Waals surface area (Å²) in [6, 6.07) is 5.77. The number of nitrogens with zero attached hydrogens (tertiary/aromatic N) is 1. The molecule has 11 heteroatoms. The highest BCUT2D eigenvalue weighted by Crippen LogP contribution is 2.45. The number of fused-ring (bicyclic) bond motifs is 1. The number of anilines is 1. The number of hydrogen-bond donors (Lipinski definition) is 1. The van der Waals surface area contributed by atoms with E-state index in [-0.39, 0.29) is 43.6 Å². The standard InChI is InChI=1S/C23H20Cl4N2O5/c1-10(2)7-13(23(33)34-9-14(30)28-12-6-4-5-11(3)8-12)29-21(31)15-16(22(29)32)18(25)20(27)19(26)17(15)24/h4-6,8,10,13H,7,9H2,1-3H3,(H,28,30)/t13-/m0/s1. The zero-order chi connectivity index (χ0) is 25.3. The summed E-state index contributed by atoms with van der Waals surface area (Å²) < 4.78 is 5.17. The number of rotatable bonds is 7. The van der Waals surface area contributed by atoms with Gasteiger partial charge < -0.3 is 10.1 Å². The van der Waals surface area contributed by atoms with Crippen LogP contribution >= 0.6 is 46.4 Å². The predicted molar refractivity (Wildman–Crippen MR) is 131 cm³/mol. The lowest BCUT2D eigenvalue weighted by molar-refractivity contribution is -0.151. The van der Waals surface area contributed by atoms with E-state index in [0.29, 0.717) is 5.69 Å². The van der Waals surface area contributed by atoms with Crippen LogP contribution in [0.2, 0.25) is 20.1 Å². The van der Waals surface area contributed by atoms with Gasteiger partial charge in [-0.15, -0.1) is 0 Å². The third kappa shape index (κ3) is 5.18. The fraction of sp³-hybridized carbons (Fsp3) is 0.304. The maximum atomic E-state index is 13.2. The number of hydrogen-bond acceptors (Lipinski definition) is 5. The first-order chi connectivity index (χ1) is 15.9. The van der Waals surface area contributed by atoms with Crippen LogP contribution in [0.25, 0.3) is 0 Å². The Labute approximate surface area is 216 Å². The Kier molecular flexibility index (Phi) is 8.14. The molecule has 1 atom stereocenters. The molecule has 0 bridgehead atoms. The second-order valence-electron chi connectivity index (χ2n) is 8.16. The maximum absolute atomic E-state index is 13.2. The molecule has 180 valence electrons. The number of halogens is 4. The molecule has 0 aromatic heterocycles. The average Bonchev–Trinajstić information content (AvgIpc) is 3.03. The van der Waals surface area contributed by atoms with Gasteiger partial charge in [-0.25, -0.2) is 4.79 Å². The van der Waals surface area contributed by atoms with Crippen molar-refractivity contribution >= 4 is 75.8 Å². The molecule has 2 aromatic carbocycles. The number of imide groups is 1. The molecular weight excluding hydrogens is 526 g/mol. The number of carbonyl (C=O) groups excluding carboxylic acids is 4. The number of nitrogens with one attached hydrogen (secondary N) is 1. The Morgan fingerprint density at radius 2 is 1.53 bits per heavy atom. The minimum absolute atomic E-state index is 0.0838. The zero-order valence-corrected chi connectivity index (χ0v) is 21.4. The van der Waals surface area contributed by atoms with Gasteiger partial charge in [0.2, 0.25) is 0 Å². The number of amides is 3. The topological polar surface area (TPSA) is 92.8 Å². The van der Waals surface area contributed by atoms with Crippen molar-refractivity contribution in [1.82, 2.24) is 4.90 Å². The molecule has 1 heterocycles. The van der Waals surface area contributed by atoms with Gasteiger partial charge in [0.15, 0.2) is 6.61 Å². The summed E-state index contributed by atoms with van der Waals surface area (Å²) in [6.07, 6.45) is 0.0838. The fourth-order valence-electron chi connectivity index (χ4n) is 3.56. The van der Waals surface area contributed by atoms with E-state index >= 15 is 0 Å². The van der Waals surface area contributed by atoms with E-state index in [0.717, 1.165) is 10.5 Å². The minimum atomic E-state index is -1.32. The van der Waals surface area contributed by atoms with Crippen molar-refractivity contribution in [3.63, 3.8) is 0 Å². The summed E-state index contributed by atoms with van der Waals surface area (Å²) in [6.45, 7) is 4.87.